The van der Waals surface area contributed by atoms with Crippen LogP contribution in [-0.2, 0) is 14.4 Å². The molecule has 2 unspecified atom stereocenters. The maximum absolute atomic E-state index is 12.2. The molecule has 2 aliphatic rings. The third-order valence-corrected chi connectivity index (χ3v) is 4.98. The van der Waals surface area contributed by atoms with Crippen molar-refractivity contribution in [3.63, 3.8) is 0 Å². The molecule has 1 N–H and O–H groups in total. The molecule has 1 saturated heterocycles. The van der Waals surface area contributed by atoms with Gasteiger partial charge in [-0.25, -0.2) is 0 Å². The van der Waals surface area contributed by atoms with Gasteiger partial charge in [0.05, 0.1) is 10.5 Å². The average molecular weight is 350 g/mol. The minimum Gasteiger partial charge on any atom is -0.486 e. The molecule has 1 aromatic rings. The molecule has 0 spiro atoms. The van der Waals surface area contributed by atoms with Crippen molar-refractivity contribution < 1.29 is 23.9 Å². The van der Waals surface area contributed by atoms with Gasteiger partial charge >= 0.3 is 0 Å². The van der Waals surface area contributed by atoms with E-state index in [9.17, 15) is 14.4 Å². The van der Waals surface area contributed by atoms with Crippen molar-refractivity contribution in [2.75, 3.05) is 25.1 Å². The molecule has 2 atom stereocenters. The fraction of sp³-hybridized carbons (Fsp3) is 0.438. The molecule has 0 saturated carbocycles. The predicted octanol–water partition coefficient (Wildman–Crippen LogP) is 1.28. The normalized spacial score (nSPS) is 23.2. The number of thioether (sulfide) groups is 1. The molecule has 0 radical (unpaired) electrons. The molecular formula is C16H18N2O5S. The number of hydrogen-bond donors (Lipinski definition) is 1. The third kappa shape index (κ3) is 3.33. The number of carbonyl (C=O) groups excluding carboxylic acids is 3. The number of hydrogen-bond acceptors (Lipinski definition) is 6. The van der Waals surface area contributed by atoms with E-state index in [4.69, 9.17) is 9.47 Å². The molecular weight excluding hydrogens is 332 g/mol. The van der Waals surface area contributed by atoms with Crippen molar-refractivity contribution in [3.05, 3.63) is 18.2 Å². The van der Waals surface area contributed by atoms with Gasteiger partial charge in [-0.05, 0) is 26.0 Å². The lowest BCUT2D eigenvalue weighted by Crippen LogP contribution is -2.52. The van der Waals surface area contributed by atoms with Crippen LogP contribution >= 0.6 is 11.8 Å². The summed E-state index contributed by atoms with van der Waals surface area (Å²) in [6.07, 6.45) is 0. The van der Waals surface area contributed by atoms with Gasteiger partial charge in [0.2, 0.25) is 17.7 Å². The summed E-state index contributed by atoms with van der Waals surface area (Å²) < 4.78 is 10.9. The van der Waals surface area contributed by atoms with Crippen molar-refractivity contribution >= 4 is 35.2 Å². The number of carbonyl (C=O) groups is 3. The highest BCUT2D eigenvalue weighted by Gasteiger charge is 2.38. The first-order valence-corrected chi connectivity index (χ1v) is 8.60. The summed E-state index contributed by atoms with van der Waals surface area (Å²) in [5.41, 5.74) is 0.525. The van der Waals surface area contributed by atoms with E-state index in [0.29, 0.717) is 30.4 Å². The molecule has 2 aliphatic heterocycles. The summed E-state index contributed by atoms with van der Waals surface area (Å²) in [7, 11) is 0. The Morgan fingerprint density at radius 2 is 1.79 bits per heavy atom. The Balaban J connectivity index is 1.67. The van der Waals surface area contributed by atoms with Gasteiger partial charge < -0.3 is 14.8 Å². The number of rotatable bonds is 3. The van der Waals surface area contributed by atoms with Gasteiger partial charge in [-0.1, -0.05) is 0 Å². The molecule has 0 bridgehead atoms. The van der Waals surface area contributed by atoms with E-state index in [1.54, 1.807) is 32.0 Å². The number of ether oxygens (including phenoxy) is 2. The molecule has 0 aromatic heterocycles. The maximum Gasteiger partial charge on any atom is 0.244 e. The summed E-state index contributed by atoms with van der Waals surface area (Å²) in [5.74, 6) is 0.0867. The van der Waals surface area contributed by atoms with Crippen LogP contribution < -0.4 is 14.8 Å². The zero-order chi connectivity index (χ0) is 17.3. The third-order valence-electron chi connectivity index (χ3n) is 3.76. The van der Waals surface area contributed by atoms with E-state index in [2.05, 4.69) is 5.32 Å². The van der Waals surface area contributed by atoms with Crippen LogP contribution in [0.25, 0.3) is 0 Å². The zero-order valence-electron chi connectivity index (χ0n) is 13.4. The summed E-state index contributed by atoms with van der Waals surface area (Å²) in [5, 5.41) is 2.02. The van der Waals surface area contributed by atoms with Gasteiger partial charge in [0.1, 0.15) is 19.8 Å². The Morgan fingerprint density at radius 3 is 2.46 bits per heavy atom. The lowest BCUT2D eigenvalue weighted by Gasteiger charge is -2.31. The number of benzene rings is 1. The Hall–Kier alpha value is -2.22. The first-order valence-electron chi connectivity index (χ1n) is 7.66. The molecule has 2 heterocycles. The van der Waals surface area contributed by atoms with Crippen molar-refractivity contribution in [2.45, 2.75) is 24.3 Å². The van der Waals surface area contributed by atoms with Crippen molar-refractivity contribution in [2.24, 2.45) is 0 Å². The first kappa shape index (κ1) is 16.6. The molecule has 8 heteroatoms. The second kappa shape index (κ2) is 6.72. The average Bonchev–Trinajstić information content (AvgIpc) is 2.57. The van der Waals surface area contributed by atoms with Gasteiger partial charge in [0.25, 0.3) is 0 Å². The second-order valence-electron chi connectivity index (χ2n) is 5.59. The maximum atomic E-state index is 12.2. The smallest absolute Gasteiger partial charge is 0.244 e. The fourth-order valence-corrected chi connectivity index (χ4v) is 3.69. The van der Waals surface area contributed by atoms with Crippen LogP contribution in [0.1, 0.15) is 13.8 Å². The first-order chi connectivity index (χ1) is 11.5. The van der Waals surface area contributed by atoms with Crippen LogP contribution in [0.5, 0.6) is 11.5 Å². The highest BCUT2D eigenvalue weighted by atomic mass is 32.2. The largest absolute Gasteiger partial charge is 0.486 e. The van der Waals surface area contributed by atoms with Crippen LogP contribution in [0.2, 0.25) is 0 Å². The number of nitrogens with zero attached hydrogens (tertiary/aromatic N) is 1. The molecule has 0 aliphatic carbocycles. The molecule has 3 amide bonds. The van der Waals surface area contributed by atoms with Crippen LogP contribution in [0, 0.1) is 0 Å². The Labute approximate surface area is 143 Å². The monoisotopic (exact) mass is 350 g/mol. The number of nitrogens with one attached hydrogen (secondary N) is 1. The van der Waals surface area contributed by atoms with E-state index < -0.39 is 5.91 Å². The zero-order valence-corrected chi connectivity index (χ0v) is 14.2. The van der Waals surface area contributed by atoms with Gasteiger partial charge in [-0.15, -0.1) is 11.8 Å². The topological polar surface area (TPSA) is 84.9 Å². The van der Waals surface area contributed by atoms with E-state index in [0.717, 1.165) is 4.90 Å². The van der Waals surface area contributed by atoms with E-state index >= 15 is 0 Å². The van der Waals surface area contributed by atoms with Crippen LogP contribution in [0.4, 0.5) is 5.69 Å². The highest BCUT2D eigenvalue weighted by Crippen LogP contribution is 2.32. The number of fused-ring (bicyclic) bond motifs is 1. The SMILES string of the molecule is CC1SC(C)C(=O)N(CC(=O)Nc2ccc3c(c2)OCCO3)C1=O. The minimum atomic E-state index is -0.431. The van der Waals surface area contributed by atoms with E-state index in [-0.39, 0.29) is 28.9 Å². The van der Waals surface area contributed by atoms with Gasteiger partial charge in [-0.3, -0.25) is 19.3 Å². The molecule has 1 fully saturated rings. The molecule has 128 valence electrons. The van der Waals surface area contributed by atoms with Crippen LogP contribution in [0.15, 0.2) is 18.2 Å². The van der Waals surface area contributed by atoms with Crippen molar-refractivity contribution in [1.29, 1.82) is 0 Å². The van der Waals surface area contributed by atoms with Crippen LogP contribution in [-0.4, -0.2) is 52.9 Å². The fourth-order valence-electron chi connectivity index (χ4n) is 2.59. The van der Waals surface area contributed by atoms with Gasteiger partial charge in [0.15, 0.2) is 11.5 Å². The summed E-state index contributed by atoms with van der Waals surface area (Å²) in [6, 6.07) is 5.06. The number of imide groups is 1. The Morgan fingerprint density at radius 1 is 1.17 bits per heavy atom. The number of amides is 3. The molecule has 1 aromatic carbocycles. The highest BCUT2D eigenvalue weighted by molar-refractivity contribution is 8.02. The standard InChI is InChI=1S/C16H18N2O5S/c1-9-15(20)18(16(21)10(2)24-9)8-14(19)17-11-3-4-12-13(7-11)23-6-5-22-12/h3-4,7,9-10H,5-6,8H2,1-2H3,(H,17,19). The lowest BCUT2D eigenvalue weighted by atomic mass is 10.2. The molecule has 24 heavy (non-hydrogen) atoms. The summed E-state index contributed by atoms with van der Waals surface area (Å²) in [6.45, 7) is 4.13. The lowest BCUT2D eigenvalue weighted by molar-refractivity contribution is -0.147. The van der Waals surface area contributed by atoms with Gasteiger partial charge in [-0.2, -0.15) is 0 Å². The predicted molar refractivity (Wildman–Crippen MR) is 89.3 cm³/mol. The quantitative estimate of drug-likeness (QED) is 0.827. The Bertz CT molecular complexity index is 673. The summed E-state index contributed by atoms with van der Waals surface area (Å²) >= 11 is 1.30. The van der Waals surface area contributed by atoms with Crippen molar-refractivity contribution in [1.82, 2.24) is 4.90 Å². The summed E-state index contributed by atoms with van der Waals surface area (Å²) in [4.78, 5) is 37.5. The van der Waals surface area contributed by atoms with Crippen molar-refractivity contribution in [3.8, 4) is 11.5 Å². The van der Waals surface area contributed by atoms with E-state index in [1.165, 1.54) is 11.8 Å². The number of anilines is 1. The second-order valence-corrected chi connectivity index (χ2v) is 7.28. The molecule has 3 rings (SSSR count). The molecule has 7 nitrogen and oxygen atoms in total. The van der Waals surface area contributed by atoms with Gasteiger partial charge in [0, 0.05) is 11.8 Å². The van der Waals surface area contributed by atoms with E-state index in [1.807, 2.05) is 0 Å². The minimum absolute atomic E-state index is 0.290. The Kier molecular flexibility index (Phi) is 4.66. The van der Waals surface area contributed by atoms with Crippen LogP contribution in [0.3, 0.4) is 0 Å².